The van der Waals surface area contributed by atoms with Crippen LogP contribution in [0.25, 0.3) is 12.7 Å². The molecule has 0 saturated carbocycles. The van der Waals surface area contributed by atoms with E-state index in [0.717, 1.165) is 11.2 Å². The number of carbonyl (C=O) groups is 3. The molecule has 3 rings (SSSR count). The number of amides is 3. The smallest absolute Gasteiger partial charge is 0.317 e. The molecule has 0 unspecified atom stereocenters. The molecule has 0 aliphatic carbocycles. The van der Waals surface area contributed by atoms with Gasteiger partial charge in [-0.1, -0.05) is 18.2 Å². The number of likely N-dealkylation sites (tertiary alicyclic amines) is 1. The van der Waals surface area contributed by atoms with Gasteiger partial charge in [-0.2, -0.15) is 0 Å². The Morgan fingerprint density at radius 3 is 2.51 bits per heavy atom. The molecule has 14 heteroatoms. The van der Waals surface area contributed by atoms with E-state index in [9.17, 15) is 14.4 Å². The Balaban J connectivity index is 2.00. The van der Waals surface area contributed by atoms with Crippen LogP contribution < -0.4 is 37.4 Å². The second-order valence-corrected chi connectivity index (χ2v) is 9.18. The Hall–Kier alpha value is -4.13. The number of aldehydes is 1. The maximum atomic E-state index is 13.0. The summed E-state index contributed by atoms with van der Waals surface area (Å²) in [5.74, 6) is 0.277. The van der Waals surface area contributed by atoms with E-state index in [1.54, 1.807) is 11.0 Å². The summed E-state index contributed by atoms with van der Waals surface area (Å²) >= 11 is 5.95. The summed E-state index contributed by atoms with van der Waals surface area (Å²) in [4.78, 5) is 45.8. The zero-order chi connectivity index (χ0) is 28.7. The molecule has 39 heavy (non-hydrogen) atoms. The number of hydrogen-bond donors (Lipinski definition) is 4. The molecule has 0 spiro atoms. The van der Waals surface area contributed by atoms with Crippen LogP contribution >= 0.6 is 11.6 Å². The van der Waals surface area contributed by atoms with Gasteiger partial charge in [0.15, 0.2) is 39.5 Å². The summed E-state index contributed by atoms with van der Waals surface area (Å²) < 4.78 is 9.45. The molecule has 1 fully saturated rings. The standard InChI is InChI=1S/C25H34ClN9O4/c1-5-29-25(38)33-9-7-17(8-10-33)35-18(13-15(3)39-12-11-36)16(4)34(6-2)19(35)14-30-24(37)20-22(27)32-23(28)21(26)31-20/h11,13,17H,3-10,12,14H2,1-2H3,(H5-,27,28,29,30,32,37,38)/p+1/b18-13+. The van der Waals surface area contributed by atoms with Gasteiger partial charge in [-0.25, -0.2) is 23.9 Å². The van der Waals surface area contributed by atoms with E-state index in [1.165, 1.54) is 0 Å². The molecule has 0 bridgehead atoms. The van der Waals surface area contributed by atoms with Crippen molar-refractivity contribution in [3.8, 4) is 0 Å². The lowest BCUT2D eigenvalue weighted by Gasteiger charge is -2.31. The predicted octanol–water partition coefficient (Wildman–Crippen LogP) is -0.380. The maximum Gasteiger partial charge on any atom is 0.317 e. The minimum absolute atomic E-state index is 0.0168. The molecule has 2 aromatic heterocycles. The number of nitrogens with zero attached hydrogens (tertiary/aromatic N) is 5. The van der Waals surface area contributed by atoms with Crippen molar-refractivity contribution < 1.29 is 23.7 Å². The third-order valence-electron chi connectivity index (χ3n) is 6.39. The molecule has 1 aliphatic heterocycles. The predicted molar refractivity (Wildman–Crippen MR) is 147 cm³/mol. The number of urea groups is 1. The highest BCUT2D eigenvalue weighted by molar-refractivity contribution is 6.31. The molecule has 3 amide bonds. The molecule has 6 N–H and O–H groups in total. The Morgan fingerprint density at radius 1 is 1.21 bits per heavy atom. The van der Waals surface area contributed by atoms with E-state index in [2.05, 4.69) is 38.3 Å². The van der Waals surface area contributed by atoms with E-state index < -0.39 is 5.91 Å². The number of aromatic nitrogens is 4. The zero-order valence-electron chi connectivity index (χ0n) is 22.2. The normalized spacial score (nSPS) is 14.2. The van der Waals surface area contributed by atoms with Gasteiger partial charge in [0, 0.05) is 38.6 Å². The molecule has 210 valence electrons. The summed E-state index contributed by atoms with van der Waals surface area (Å²) in [6.07, 6.45) is 3.71. The second-order valence-electron chi connectivity index (χ2n) is 8.82. The van der Waals surface area contributed by atoms with Crippen molar-refractivity contribution in [2.75, 3.05) is 37.7 Å². The summed E-state index contributed by atoms with van der Waals surface area (Å²) in [5.41, 5.74) is 11.4. The molecular weight excluding hydrogens is 526 g/mol. The zero-order valence-corrected chi connectivity index (χ0v) is 23.0. The highest BCUT2D eigenvalue weighted by Gasteiger charge is 2.32. The Bertz CT molecular complexity index is 1370. The van der Waals surface area contributed by atoms with Gasteiger partial charge in [-0.05, 0) is 20.4 Å². The summed E-state index contributed by atoms with van der Waals surface area (Å²) in [7, 11) is 0. The topological polar surface area (TPSA) is 174 Å². The van der Waals surface area contributed by atoms with Crippen molar-refractivity contribution in [3.63, 3.8) is 0 Å². The number of nitrogens with one attached hydrogen (secondary N) is 2. The fraction of sp³-hybridized carbons (Fsp3) is 0.440. The number of allylic oxidation sites excluding steroid dienone is 1. The van der Waals surface area contributed by atoms with E-state index in [4.69, 9.17) is 27.8 Å². The van der Waals surface area contributed by atoms with Crippen LogP contribution in [0.4, 0.5) is 16.4 Å². The van der Waals surface area contributed by atoms with E-state index in [0.29, 0.717) is 56.4 Å². The largest absolute Gasteiger partial charge is 0.487 e. The summed E-state index contributed by atoms with van der Waals surface area (Å²) in [5, 5.41) is 6.97. The van der Waals surface area contributed by atoms with Gasteiger partial charge in [0.1, 0.15) is 25.0 Å². The molecule has 1 saturated heterocycles. The van der Waals surface area contributed by atoms with Crippen molar-refractivity contribution in [2.45, 2.75) is 45.8 Å². The van der Waals surface area contributed by atoms with Crippen molar-refractivity contribution in [1.82, 2.24) is 30.1 Å². The minimum atomic E-state index is -0.571. The Morgan fingerprint density at radius 2 is 1.90 bits per heavy atom. The van der Waals surface area contributed by atoms with Crippen LogP contribution in [0.1, 0.15) is 49.0 Å². The number of ether oxygens (including phenoxy) is 1. The quantitative estimate of drug-likeness (QED) is 0.173. The third kappa shape index (κ3) is 6.66. The van der Waals surface area contributed by atoms with Crippen LogP contribution in [0.15, 0.2) is 12.3 Å². The van der Waals surface area contributed by atoms with E-state index >= 15 is 0 Å². The number of anilines is 2. The number of hydrogen-bond acceptors (Lipinski definition) is 8. The van der Waals surface area contributed by atoms with Gasteiger partial charge in [-0.15, -0.1) is 0 Å². The summed E-state index contributed by atoms with van der Waals surface area (Å²) in [6, 6.07) is -0.113. The van der Waals surface area contributed by atoms with Crippen molar-refractivity contribution in [1.29, 1.82) is 0 Å². The first kappa shape index (κ1) is 29.4. The van der Waals surface area contributed by atoms with E-state index in [1.807, 2.05) is 18.4 Å². The molecule has 3 heterocycles. The number of piperidine rings is 1. The third-order valence-corrected chi connectivity index (χ3v) is 6.67. The van der Waals surface area contributed by atoms with Gasteiger partial charge in [-0.3, -0.25) is 9.59 Å². The van der Waals surface area contributed by atoms with E-state index in [-0.39, 0.29) is 47.7 Å². The van der Waals surface area contributed by atoms with Crippen molar-refractivity contribution in [2.24, 2.45) is 0 Å². The Labute approximate surface area is 231 Å². The summed E-state index contributed by atoms with van der Waals surface area (Å²) in [6.45, 7) is 14.2. The molecule has 0 aromatic carbocycles. The Kier molecular flexibility index (Phi) is 9.88. The highest BCUT2D eigenvalue weighted by atomic mass is 35.5. The van der Waals surface area contributed by atoms with Gasteiger partial charge in [0.25, 0.3) is 11.7 Å². The molecule has 13 nitrogen and oxygen atoms in total. The first-order chi connectivity index (χ1) is 18.6. The van der Waals surface area contributed by atoms with Crippen LogP contribution in [0, 0.1) is 0 Å². The molecule has 0 radical (unpaired) electrons. The first-order valence-corrected chi connectivity index (χ1v) is 13.0. The number of nitrogen functional groups attached to an aromatic ring is 2. The lowest BCUT2D eigenvalue weighted by molar-refractivity contribution is -0.743. The fourth-order valence-corrected chi connectivity index (χ4v) is 4.72. The van der Waals surface area contributed by atoms with Crippen molar-refractivity contribution >= 4 is 54.1 Å². The first-order valence-electron chi connectivity index (χ1n) is 12.6. The number of nitrogens with two attached hydrogens (primary N) is 2. The average Bonchev–Trinajstić information content (AvgIpc) is 3.18. The minimum Gasteiger partial charge on any atom is -0.487 e. The fourth-order valence-electron chi connectivity index (χ4n) is 4.59. The molecule has 0 atom stereocenters. The molecule has 2 aromatic rings. The van der Waals surface area contributed by atoms with Crippen LogP contribution in [0.2, 0.25) is 5.15 Å². The van der Waals surface area contributed by atoms with Crippen LogP contribution in [-0.2, 0) is 22.6 Å². The van der Waals surface area contributed by atoms with Gasteiger partial charge < -0.3 is 31.7 Å². The van der Waals surface area contributed by atoms with Gasteiger partial charge >= 0.3 is 6.03 Å². The lowest BCUT2D eigenvalue weighted by atomic mass is 10.0. The number of imidazole rings is 1. The monoisotopic (exact) mass is 560 g/mol. The van der Waals surface area contributed by atoms with Gasteiger partial charge in [0.05, 0.1) is 6.54 Å². The van der Waals surface area contributed by atoms with Crippen LogP contribution in [0.5, 0.6) is 0 Å². The highest BCUT2D eigenvalue weighted by Crippen LogP contribution is 2.19. The number of halogens is 1. The molecule has 1 aliphatic rings. The second kappa shape index (κ2) is 13.1. The van der Waals surface area contributed by atoms with Crippen LogP contribution in [0.3, 0.4) is 0 Å². The average molecular weight is 561 g/mol. The lowest BCUT2D eigenvalue weighted by Crippen LogP contribution is -2.60. The number of rotatable bonds is 10. The van der Waals surface area contributed by atoms with Crippen molar-refractivity contribution in [3.05, 3.63) is 39.7 Å². The van der Waals surface area contributed by atoms with Crippen LogP contribution in [-0.4, -0.2) is 63.9 Å². The molecular formula is C25H35ClN9O4+. The maximum absolute atomic E-state index is 13.0. The van der Waals surface area contributed by atoms with Gasteiger partial charge in [0.2, 0.25) is 0 Å². The SMILES string of the molecule is C=C(/C=c1\c(=C)n(CC)c(CNC(=O)c2nc(Cl)c(N)nc2N)[n+]1C1CCN(C(=O)NCC)CC1)OCC=O. The number of carbonyl (C=O) groups excluding carboxylic acids is 3.